The molecule has 1 aromatic carbocycles. The van der Waals surface area contributed by atoms with Gasteiger partial charge < -0.3 is 20.7 Å². The lowest BCUT2D eigenvalue weighted by Crippen LogP contribution is -2.56. The Balaban J connectivity index is 2.07. The zero-order valence-corrected chi connectivity index (χ0v) is 11.5. The molecule has 1 aliphatic rings. The van der Waals surface area contributed by atoms with Crippen LogP contribution in [-0.2, 0) is 11.3 Å². The van der Waals surface area contributed by atoms with Gasteiger partial charge in [-0.1, -0.05) is 12.1 Å². The van der Waals surface area contributed by atoms with E-state index in [-0.39, 0.29) is 11.6 Å². The Morgan fingerprint density at radius 2 is 2.32 bits per heavy atom. The number of urea groups is 1. The van der Waals surface area contributed by atoms with E-state index in [0.29, 0.717) is 26.3 Å². The number of carbonyl (C=O) groups excluding carboxylic acids is 1. The molecule has 1 aromatic rings. The van der Waals surface area contributed by atoms with Crippen LogP contribution in [0.4, 0.5) is 10.5 Å². The minimum atomic E-state index is -0.284. The second-order valence-corrected chi connectivity index (χ2v) is 5.35. The van der Waals surface area contributed by atoms with Crippen LogP contribution in [0.15, 0.2) is 24.3 Å². The maximum atomic E-state index is 12.3. The summed E-state index contributed by atoms with van der Waals surface area (Å²) in [5, 5.41) is 2.92. The Hall–Kier alpha value is -1.59. The van der Waals surface area contributed by atoms with Crippen molar-refractivity contribution < 1.29 is 9.53 Å². The van der Waals surface area contributed by atoms with E-state index in [2.05, 4.69) is 5.32 Å². The van der Waals surface area contributed by atoms with Crippen LogP contribution in [0.1, 0.15) is 19.4 Å². The van der Waals surface area contributed by atoms with Crippen molar-refractivity contribution in [1.29, 1.82) is 0 Å². The molecule has 0 atom stereocenters. The summed E-state index contributed by atoms with van der Waals surface area (Å²) in [6, 6.07) is 7.49. The molecule has 104 valence electrons. The number of ether oxygens (including phenoxy) is 1. The fraction of sp³-hybridized carbons (Fsp3) is 0.500. The molecule has 0 radical (unpaired) electrons. The minimum Gasteiger partial charge on any atom is -0.377 e. The fourth-order valence-electron chi connectivity index (χ4n) is 2.20. The summed E-state index contributed by atoms with van der Waals surface area (Å²) in [5.41, 5.74) is 7.08. The number of anilines is 1. The van der Waals surface area contributed by atoms with Gasteiger partial charge in [-0.25, -0.2) is 4.79 Å². The average molecular weight is 263 g/mol. The highest BCUT2D eigenvalue weighted by molar-refractivity contribution is 5.90. The lowest BCUT2D eigenvalue weighted by Gasteiger charge is -2.41. The first kappa shape index (κ1) is 13.8. The van der Waals surface area contributed by atoms with Crippen LogP contribution in [-0.4, -0.2) is 36.2 Å². The number of amides is 2. The summed E-state index contributed by atoms with van der Waals surface area (Å²) in [6.45, 7) is 6.22. The summed E-state index contributed by atoms with van der Waals surface area (Å²) < 4.78 is 5.41. The normalized spacial score (nSPS) is 18.2. The van der Waals surface area contributed by atoms with E-state index in [1.165, 1.54) is 0 Å². The van der Waals surface area contributed by atoms with Crippen molar-refractivity contribution in [2.45, 2.75) is 25.9 Å². The Morgan fingerprint density at radius 3 is 3.00 bits per heavy atom. The Bertz CT molecular complexity index is 460. The van der Waals surface area contributed by atoms with Gasteiger partial charge in [-0.2, -0.15) is 0 Å². The molecule has 2 rings (SSSR count). The van der Waals surface area contributed by atoms with E-state index in [1.807, 2.05) is 43.0 Å². The van der Waals surface area contributed by atoms with Gasteiger partial charge in [-0.15, -0.1) is 0 Å². The Morgan fingerprint density at radius 1 is 1.53 bits per heavy atom. The molecule has 19 heavy (non-hydrogen) atoms. The topological polar surface area (TPSA) is 67.6 Å². The highest BCUT2D eigenvalue weighted by Gasteiger charge is 2.34. The number of nitrogens with one attached hydrogen (secondary N) is 1. The van der Waals surface area contributed by atoms with Crippen molar-refractivity contribution in [3.8, 4) is 0 Å². The van der Waals surface area contributed by atoms with E-state index in [4.69, 9.17) is 10.5 Å². The molecule has 0 aliphatic carbocycles. The summed E-state index contributed by atoms with van der Waals surface area (Å²) in [6.07, 6.45) is 0. The van der Waals surface area contributed by atoms with Gasteiger partial charge in [0, 0.05) is 18.8 Å². The van der Waals surface area contributed by atoms with Crippen LogP contribution in [0.25, 0.3) is 0 Å². The third kappa shape index (κ3) is 3.24. The highest BCUT2D eigenvalue weighted by Crippen LogP contribution is 2.20. The van der Waals surface area contributed by atoms with Gasteiger partial charge in [-0.3, -0.25) is 0 Å². The van der Waals surface area contributed by atoms with Crippen molar-refractivity contribution in [3.05, 3.63) is 29.8 Å². The second-order valence-electron chi connectivity index (χ2n) is 5.35. The first-order valence-corrected chi connectivity index (χ1v) is 6.48. The summed E-state index contributed by atoms with van der Waals surface area (Å²) in [7, 11) is 0. The van der Waals surface area contributed by atoms with Gasteiger partial charge in [0.15, 0.2) is 0 Å². The molecule has 1 fully saturated rings. The zero-order chi connectivity index (χ0) is 13.9. The van der Waals surface area contributed by atoms with Crippen LogP contribution in [0.2, 0.25) is 0 Å². The molecule has 0 bridgehead atoms. The predicted octanol–water partition coefficient (Wildman–Crippen LogP) is 1.79. The van der Waals surface area contributed by atoms with Gasteiger partial charge in [0.1, 0.15) is 0 Å². The molecule has 1 saturated heterocycles. The summed E-state index contributed by atoms with van der Waals surface area (Å²) in [5.74, 6) is 0. The van der Waals surface area contributed by atoms with Crippen LogP contribution in [0.3, 0.4) is 0 Å². The molecule has 1 heterocycles. The van der Waals surface area contributed by atoms with Crippen molar-refractivity contribution in [3.63, 3.8) is 0 Å². The minimum absolute atomic E-state index is 0.0949. The van der Waals surface area contributed by atoms with Crippen LogP contribution < -0.4 is 11.1 Å². The third-order valence-corrected chi connectivity index (χ3v) is 3.30. The summed E-state index contributed by atoms with van der Waals surface area (Å²) >= 11 is 0. The number of hydrogen-bond acceptors (Lipinski definition) is 3. The van der Waals surface area contributed by atoms with Crippen molar-refractivity contribution >= 4 is 11.7 Å². The van der Waals surface area contributed by atoms with Crippen LogP contribution in [0, 0.1) is 0 Å². The van der Waals surface area contributed by atoms with E-state index in [9.17, 15) is 4.79 Å². The number of rotatable bonds is 2. The second kappa shape index (κ2) is 5.59. The van der Waals surface area contributed by atoms with Gasteiger partial charge >= 0.3 is 6.03 Å². The van der Waals surface area contributed by atoms with Gasteiger partial charge in [0.25, 0.3) is 0 Å². The van der Waals surface area contributed by atoms with Crippen molar-refractivity contribution in [2.24, 2.45) is 5.73 Å². The Labute approximate surface area is 113 Å². The Kier molecular flexibility index (Phi) is 4.07. The van der Waals surface area contributed by atoms with Gasteiger partial charge in [0.2, 0.25) is 0 Å². The highest BCUT2D eigenvalue weighted by atomic mass is 16.5. The third-order valence-electron chi connectivity index (χ3n) is 3.30. The maximum absolute atomic E-state index is 12.3. The first-order chi connectivity index (χ1) is 9.03. The van der Waals surface area contributed by atoms with E-state index in [0.717, 1.165) is 11.3 Å². The maximum Gasteiger partial charge on any atom is 0.322 e. The number of carbonyl (C=O) groups is 1. The number of benzene rings is 1. The zero-order valence-electron chi connectivity index (χ0n) is 11.5. The van der Waals surface area contributed by atoms with Crippen LogP contribution in [0.5, 0.6) is 0 Å². The molecule has 1 aliphatic heterocycles. The van der Waals surface area contributed by atoms with Crippen molar-refractivity contribution in [2.75, 3.05) is 25.1 Å². The first-order valence-electron chi connectivity index (χ1n) is 6.48. The van der Waals surface area contributed by atoms with E-state index in [1.54, 1.807) is 0 Å². The van der Waals surface area contributed by atoms with E-state index < -0.39 is 0 Å². The number of nitrogens with two attached hydrogens (primary N) is 1. The average Bonchev–Trinajstić information content (AvgIpc) is 2.38. The van der Waals surface area contributed by atoms with Crippen LogP contribution >= 0.6 is 0 Å². The molecule has 5 heteroatoms. The molecule has 2 amide bonds. The molecule has 0 saturated carbocycles. The lowest BCUT2D eigenvalue weighted by molar-refractivity contribution is -0.0249. The molecule has 3 N–H and O–H groups in total. The summed E-state index contributed by atoms with van der Waals surface area (Å²) in [4.78, 5) is 14.1. The molecule has 0 aromatic heterocycles. The molecular formula is C14H21N3O2. The quantitative estimate of drug-likeness (QED) is 0.854. The predicted molar refractivity (Wildman–Crippen MR) is 75.0 cm³/mol. The number of morpholine rings is 1. The lowest BCUT2D eigenvalue weighted by atomic mass is 10.0. The SMILES string of the molecule is CC1(C)COCCN1C(=O)Nc1cccc(CN)c1. The standard InChI is InChI=1S/C14H21N3O2/c1-14(2)10-19-7-6-17(14)13(18)16-12-5-3-4-11(8-12)9-15/h3-5,8H,6-7,9-10,15H2,1-2H3,(H,16,18). The smallest absolute Gasteiger partial charge is 0.322 e. The van der Waals surface area contributed by atoms with Gasteiger partial charge in [0.05, 0.1) is 18.8 Å². The van der Waals surface area contributed by atoms with Gasteiger partial charge in [-0.05, 0) is 31.5 Å². The number of hydrogen-bond donors (Lipinski definition) is 2. The largest absolute Gasteiger partial charge is 0.377 e. The molecule has 5 nitrogen and oxygen atoms in total. The molecule has 0 unspecified atom stereocenters. The number of nitrogens with zero attached hydrogens (tertiary/aromatic N) is 1. The fourth-order valence-corrected chi connectivity index (χ4v) is 2.20. The van der Waals surface area contributed by atoms with Crippen molar-refractivity contribution in [1.82, 2.24) is 4.90 Å². The molecule has 0 spiro atoms. The van der Waals surface area contributed by atoms with E-state index >= 15 is 0 Å². The molecular weight excluding hydrogens is 242 g/mol. The monoisotopic (exact) mass is 263 g/mol.